The van der Waals surface area contributed by atoms with Crippen molar-refractivity contribution >= 4 is 5.69 Å². The summed E-state index contributed by atoms with van der Waals surface area (Å²) >= 11 is 0. The van der Waals surface area contributed by atoms with Crippen LogP contribution in [0.3, 0.4) is 0 Å². The Balaban J connectivity index is 2.00. The van der Waals surface area contributed by atoms with Crippen molar-refractivity contribution in [3.63, 3.8) is 0 Å². The predicted octanol–water partition coefficient (Wildman–Crippen LogP) is 2.93. The highest BCUT2D eigenvalue weighted by atomic mass is 19.2. The molecule has 2 rings (SSSR count). The maximum absolute atomic E-state index is 13.7. The summed E-state index contributed by atoms with van der Waals surface area (Å²) in [6, 6.07) is 1.65. The van der Waals surface area contributed by atoms with Gasteiger partial charge in [-0.05, 0) is 31.8 Å². The second-order valence-corrected chi connectivity index (χ2v) is 5.03. The molecule has 1 saturated heterocycles. The molecule has 1 unspecified atom stereocenters. The Hall–Kier alpha value is -1.23. The molecule has 0 bridgehead atoms. The molecule has 0 spiro atoms. The third-order valence-electron chi connectivity index (χ3n) is 3.46. The Morgan fingerprint density at radius 3 is 2.84 bits per heavy atom. The molecule has 5 heteroatoms. The minimum atomic E-state index is -1.12. The van der Waals surface area contributed by atoms with E-state index in [1.54, 1.807) is 4.90 Å². The number of anilines is 1. The van der Waals surface area contributed by atoms with Crippen molar-refractivity contribution in [3.05, 3.63) is 29.6 Å². The molecule has 1 aromatic carbocycles. The van der Waals surface area contributed by atoms with Gasteiger partial charge in [-0.2, -0.15) is 0 Å². The highest BCUT2D eigenvalue weighted by Crippen LogP contribution is 2.28. The highest BCUT2D eigenvalue weighted by Gasteiger charge is 2.25. The molecule has 106 valence electrons. The first-order valence-electron chi connectivity index (χ1n) is 6.72. The van der Waals surface area contributed by atoms with Crippen molar-refractivity contribution < 1.29 is 13.2 Å². The summed E-state index contributed by atoms with van der Waals surface area (Å²) in [4.78, 5) is 1.72. The molecule has 2 nitrogen and oxygen atoms in total. The molecule has 0 saturated carbocycles. The van der Waals surface area contributed by atoms with E-state index >= 15 is 0 Å². The SMILES string of the molecule is CCCNCC1CCN(c2cc(F)cc(F)c2F)C1. The molecule has 1 N–H and O–H groups in total. The van der Waals surface area contributed by atoms with Crippen LogP contribution in [0.5, 0.6) is 0 Å². The molecule has 0 amide bonds. The molecule has 1 heterocycles. The van der Waals surface area contributed by atoms with E-state index < -0.39 is 17.5 Å². The lowest BCUT2D eigenvalue weighted by Crippen LogP contribution is -2.27. The lowest BCUT2D eigenvalue weighted by atomic mass is 10.1. The van der Waals surface area contributed by atoms with Crippen molar-refractivity contribution in [2.24, 2.45) is 5.92 Å². The molecule has 1 fully saturated rings. The minimum Gasteiger partial charge on any atom is -0.369 e. The Labute approximate surface area is 111 Å². The van der Waals surface area contributed by atoms with Gasteiger partial charge in [-0.1, -0.05) is 6.92 Å². The summed E-state index contributed by atoms with van der Waals surface area (Å²) in [6.45, 7) is 5.19. The zero-order valence-corrected chi connectivity index (χ0v) is 11.1. The van der Waals surface area contributed by atoms with E-state index in [0.29, 0.717) is 25.1 Å². The Kier molecular flexibility index (Phi) is 4.69. The van der Waals surface area contributed by atoms with Crippen molar-refractivity contribution in [2.75, 3.05) is 31.1 Å². The van der Waals surface area contributed by atoms with Gasteiger partial charge < -0.3 is 10.2 Å². The molecular weight excluding hydrogens is 253 g/mol. The first-order valence-corrected chi connectivity index (χ1v) is 6.72. The molecule has 1 aliphatic heterocycles. The van der Waals surface area contributed by atoms with Crippen LogP contribution in [0.2, 0.25) is 0 Å². The Morgan fingerprint density at radius 2 is 2.11 bits per heavy atom. The normalized spacial score (nSPS) is 19.2. The molecule has 19 heavy (non-hydrogen) atoms. The zero-order chi connectivity index (χ0) is 13.8. The topological polar surface area (TPSA) is 15.3 Å². The molecule has 1 atom stereocenters. The van der Waals surface area contributed by atoms with Gasteiger partial charge in [0, 0.05) is 25.2 Å². The maximum Gasteiger partial charge on any atom is 0.182 e. The fourth-order valence-corrected chi connectivity index (χ4v) is 2.47. The van der Waals surface area contributed by atoms with Crippen molar-refractivity contribution in [2.45, 2.75) is 19.8 Å². The molecule has 0 radical (unpaired) electrons. The van der Waals surface area contributed by atoms with E-state index in [1.807, 2.05) is 0 Å². The molecule has 0 aromatic heterocycles. The molecule has 1 aliphatic rings. The lowest BCUT2D eigenvalue weighted by molar-refractivity contribution is 0.491. The van der Waals surface area contributed by atoms with Crippen molar-refractivity contribution in [3.8, 4) is 0 Å². The van der Waals surface area contributed by atoms with E-state index in [4.69, 9.17) is 0 Å². The van der Waals surface area contributed by atoms with Gasteiger partial charge in [0.25, 0.3) is 0 Å². The van der Waals surface area contributed by atoms with Crippen LogP contribution in [0.4, 0.5) is 18.9 Å². The zero-order valence-electron chi connectivity index (χ0n) is 11.1. The summed E-state index contributed by atoms with van der Waals surface area (Å²) in [6.07, 6.45) is 1.98. The smallest absolute Gasteiger partial charge is 0.182 e. The molecule has 0 aliphatic carbocycles. The second-order valence-electron chi connectivity index (χ2n) is 5.03. The average molecular weight is 272 g/mol. The van der Waals surface area contributed by atoms with Crippen LogP contribution < -0.4 is 10.2 Å². The standard InChI is InChI=1S/C14H19F3N2/c1-2-4-18-8-10-3-5-19(9-10)13-7-11(15)6-12(16)14(13)17/h6-7,10,18H,2-5,8-9H2,1H3. The van der Waals surface area contributed by atoms with Gasteiger partial charge in [-0.3, -0.25) is 0 Å². The third-order valence-corrected chi connectivity index (χ3v) is 3.46. The highest BCUT2D eigenvalue weighted by molar-refractivity contribution is 5.49. The van der Waals surface area contributed by atoms with Crippen LogP contribution in [0, 0.1) is 23.4 Å². The van der Waals surface area contributed by atoms with Gasteiger partial charge in [0.2, 0.25) is 0 Å². The van der Waals surface area contributed by atoms with E-state index in [0.717, 1.165) is 32.0 Å². The van der Waals surface area contributed by atoms with Crippen LogP contribution in [-0.4, -0.2) is 26.2 Å². The summed E-state index contributed by atoms with van der Waals surface area (Å²) in [5.41, 5.74) is 0.0375. The minimum absolute atomic E-state index is 0.0375. The number of hydrogen-bond donors (Lipinski definition) is 1. The van der Waals surface area contributed by atoms with Crippen LogP contribution in [-0.2, 0) is 0 Å². The van der Waals surface area contributed by atoms with E-state index in [9.17, 15) is 13.2 Å². The predicted molar refractivity (Wildman–Crippen MR) is 69.8 cm³/mol. The average Bonchev–Trinajstić information content (AvgIpc) is 2.83. The van der Waals surface area contributed by atoms with Gasteiger partial charge in [0.1, 0.15) is 5.82 Å². The third kappa shape index (κ3) is 3.41. The number of hydrogen-bond acceptors (Lipinski definition) is 2. The van der Waals surface area contributed by atoms with Crippen molar-refractivity contribution in [1.82, 2.24) is 5.32 Å². The maximum atomic E-state index is 13.7. The van der Waals surface area contributed by atoms with Gasteiger partial charge >= 0.3 is 0 Å². The Bertz CT molecular complexity index is 437. The summed E-state index contributed by atoms with van der Waals surface area (Å²) in [5, 5.41) is 3.32. The number of nitrogens with zero attached hydrogens (tertiary/aromatic N) is 1. The fourth-order valence-electron chi connectivity index (χ4n) is 2.47. The first kappa shape index (κ1) is 14.2. The van der Waals surface area contributed by atoms with Crippen molar-refractivity contribution in [1.29, 1.82) is 0 Å². The Morgan fingerprint density at radius 1 is 1.32 bits per heavy atom. The monoisotopic (exact) mass is 272 g/mol. The van der Waals surface area contributed by atoms with E-state index in [-0.39, 0.29) is 5.69 Å². The van der Waals surface area contributed by atoms with Gasteiger partial charge in [0.15, 0.2) is 11.6 Å². The number of benzene rings is 1. The fraction of sp³-hybridized carbons (Fsp3) is 0.571. The summed E-state index contributed by atoms with van der Waals surface area (Å²) < 4.78 is 40.0. The van der Waals surface area contributed by atoms with Crippen LogP contribution in [0.15, 0.2) is 12.1 Å². The number of halogens is 3. The molecule has 1 aromatic rings. The van der Waals surface area contributed by atoms with E-state index in [1.165, 1.54) is 0 Å². The summed E-state index contributed by atoms with van der Waals surface area (Å²) in [5.74, 6) is -2.41. The van der Waals surface area contributed by atoms with E-state index in [2.05, 4.69) is 12.2 Å². The van der Waals surface area contributed by atoms with Gasteiger partial charge in [0.05, 0.1) is 5.69 Å². The van der Waals surface area contributed by atoms with Gasteiger partial charge in [-0.15, -0.1) is 0 Å². The number of rotatable bonds is 5. The first-order chi connectivity index (χ1) is 9.11. The largest absolute Gasteiger partial charge is 0.369 e. The van der Waals surface area contributed by atoms with Crippen LogP contribution in [0.1, 0.15) is 19.8 Å². The quantitative estimate of drug-likeness (QED) is 0.655. The molecular formula is C14H19F3N2. The number of nitrogens with one attached hydrogen (secondary N) is 1. The lowest BCUT2D eigenvalue weighted by Gasteiger charge is -2.20. The van der Waals surface area contributed by atoms with Crippen LogP contribution in [0.25, 0.3) is 0 Å². The second kappa shape index (κ2) is 6.28. The summed E-state index contributed by atoms with van der Waals surface area (Å²) in [7, 11) is 0. The van der Waals surface area contributed by atoms with Gasteiger partial charge in [-0.25, -0.2) is 13.2 Å². The van der Waals surface area contributed by atoms with Crippen LogP contribution >= 0.6 is 0 Å².